The molecule has 5 unspecified atom stereocenters. The molecule has 33 heavy (non-hydrogen) atoms. The van der Waals surface area contributed by atoms with E-state index in [0.29, 0.717) is 11.4 Å². The average Bonchev–Trinajstić information content (AvgIpc) is 3.48. The highest BCUT2D eigenvalue weighted by atomic mass is 16.5. The van der Waals surface area contributed by atoms with E-state index in [-0.39, 0.29) is 17.6 Å². The largest absolute Gasteiger partial charge is 0.360 e. The van der Waals surface area contributed by atoms with Crippen molar-refractivity contribution in [3.63, 3.8) is 0 Å². The lowest BCUT2D eigenvalue weighted by Gasteiger charge is -2.34. The molecular weight excluding hydrogens is 424 g/mol. The van der Waals surface area contributed by atoms with Gasteiger partial charge >= 0.3 is 0 Å². The number of carbonyl (C=O) groups excluding carboxylic acids is 3. The molecular formula is C24H26N4O5. The molecule has 4 heterocycles. The van der Waals surface area contributed by atoms with Gasteiger partial charge in [-0.05, 0) is 39.8 Å². The summed E-state index contributed by atoms with van der Waals surface area (Å²) >= 11 is 0. The number of rotatable bonds is 4. The molecule has 1 aromatic heterocycles. The number of amides is 3. The summed E-state index contributed by atoms with van der Waals surface area (Å²) in [5.41, 5.74) is -1.18. The van der Waals surface area contributed by atoms with Crippen molar-refractivity contribution in [2.24, 2.45) is 11.8 Å². The van der Waals surface area contributed by atoms with Gasteiger partial charge in [-0.3, -0.25) is 19.3 Å². The Labute approximate surface area is 191 Å². The van der Waals surface area contributed by atoms with Crippen LogP contribution in [0, 0.1) is 18.8 Å². The monoisotopic (exact) mass is 450 g/mol. The van der Waals surface area contributed by atoms with E-state index in [2.05, 4.69) is 15.8 Å². The van der Waals surface area contributed by atoms with Gasteiger partial charge in [0.15, 0.2) is 5.82 Å². The number of benzene rings is 1. The fourth-order valence-corrected chi connectivity index (χ4v) is 5.11. The van der Waals surface area contributed by atoms with Gasteiger partial charge in [-0.15, -0.1) is 0 Å². The lowest BCUT2D eigenvalue weighted by atomic mass is 9.74. The maximum Gasteiger partial charge on any atom is 0.246 e. The van der Waals surface area contributed by atoms with Gasteiger partial charge in [0.05, 0.1) is 17.9 Å². The first-order valence-electron chi connectivity index (χ1n) is 10.9. The van der Waals surface area contributed by atoms with Crippen LogP contribution in [0.5, 0.6) is 0 Å². The third kappa shape index (κ3) is 3.34. The summed E-state index contributed by atoms with van der Waals surface area (Å²) in [6, 6.07) is 9.64. The highest BCUT2D eigenvalue weighted by Crippen LogP contribution is 2.56. The zero-order valence-electron chi connectivity index (χ0n) is 18.9. The Balaban J connectivity index is 1.55. The minimum Gasteiger partial charge on any atom is -0.360 e. The van der Waals surface area contributed by atoms with Crippen LogP contribution < -0.4 is 15.5 Å². The van der Waals surface area contributed by atoms with Gasteiger partial charge in [0.2, 0.25) is 17.7 Å². The number of nitrogens with one attached hydrogen (secondary N) is 2. The van der Waals surface area contributed by atoms with Crippen LogP contribution >= 0.6 is 0 Å². The van der Waals surface area contributed by atoms with E-state index in [0.717, 1.165) is 0 Å². The highest BCUT2D eigenvalue weighted by Gasteiger charge is 2.73. The first-order chi connectivity index (χ1) is 15.6. The summed E-state index contributed by atoms with van der Waals surface area (Å²) in [5, 5.41) is 9.53. The summed E-state index contributed by atoms with van der Waals surface area (Å²) in [7, 11) is 0. The molecule has 5 atom stereocenters. The minimum absolute atomic E-state index is 0.269. The summed E-state index contributed by atoms with van der Waals surface area (Å²) < 4.78 is 11.3. The third-order valence-electron chi connectivity index (χ3n) is 6.24. The second kappa shape index (κ2) is 7.28. The van der Waals surface area contributed by atoms with Crippen LogP contribution in [0.2, 0.25) is 0 Å². The van der Waals surface area contributed by atoms with Crippen molar-refractivity contribution in [3.8, 4) is 0 Å². The van der Waals surface area contributed by atoms with Crippen molar-refractivity contribution >= 4 is 29.2 Å². The predicted octanol–water partition coefficient (Wildman–Crippen LogP) is 2.19. The Morgan fingerprint density at radius 3 is 2.52 bits per heavy atom. The van der Waals surface area contributed by atoms with E-state index in [1.807, 2.05) is 26.8 Å². The van der Waals surface area contributed by atoms with E-state index < -0.39 is 41.0 Å². The average molecular weight is 450 g/mol. The molecule has 3 amide bonds. The maximum absolute atomic E-state index is 13.8. The number of para-hydroxylation sites is 1. The van der Waals surface area contributed by atoms with Gasteiger partial charge in [-0.25, -0.2) is 0 Å². The lowest BCUT2D eigenvalue weighted by Crippen LogP contribution is -2.58. The molecule has 2 saturated heterocycles. The smallest absolute Gasteiger partial charge is 0.246 e. The predicted molar refractivity (Wildman–Crippen MR) is 119 cm³/mol. The standard InChI is InChI=1S/C24H26N4O5/c1-13-12-16(27-33-13)25-20(29)17-15-10-11-24(32-15)18(17)22(31)28(14-8-6-5-7-9-14)19(24)21(30)26-23(2,3)4/h5-12,15,17-19H,1-4H3,(H,26,30)(H,25,27,29). The van der Waals surface area contributed by atoms with Crippen molar-refractivity contribution < 1.29 is 23.6 Å². The third-order valence-corrected chi connectivity index (χ3v) is 6.24. The molecule has 3 aliphatic heterocycles. The van der Waals surface area contributed by atoms with Crippen molar-refractivity contribution in [1.82, 2.24) is 10.5 Å². The van der Waals surface area contributed by atoms with Gasteiger partial charge in [0, 0.05) is 17.3 Å². The summed E-state index contributed by atoms with van der Waals surface area (Å²) in [6.45, 7) is 7.35. The van der Waals surface area contributed by atoms with Gasteiger partial charge in [0.25, 0.3) is 0 Å². The van der Waals surface area contributed by atoms with Gasteiger partial charge < -0.3 is 19.9 Å². The fraction of sp³-hybridized carbons (Fsp3) is 0.417. The van der Waals surface area contributed by atoms with Crippen LogP contribution in [-0.4, -0.2) is 46.2 Å². The molecule has 0 radical (unpaired) electrons. The van der Waals surface area contributed by atoms with Crippen molar-refractivity contribution in [2.45, 2.75) is 51.0 Å². The van der Waals surface area contributed by atoms with E-state index in [1.165, 1.54) is 4.90 Å². The molecule has 9 heteroatoms. The topological polar surface area (TPSA) is 114 Å². The first-order valence-corrected chi connectivity index (χ1v) is 10.9. The Morgan fingerprint density at radius 2 is 1.88 bits per heavy atom. The molecule has 3 aliphatic rings. The molecule has 1 spiro atoms. The number of hydrogen-bond donors (Lipinski definition) is 2. The maximum atomic E-state index is 13.8. The molecule has 172 valence electrons. The quantitative estimate of drug-likeness (QED) is 0.691. The molecule has 1 aromatic carbocycles. The van der Waals surface area contributed by atoms with Crippen molar-refractivity contribution in [2.75, 3.05) is 10.2 Å². The Kier molecular flexibility index (Phi) is 4.72. The minimum atomic E-state index is -1.24. The van der Waals surface area contributed by atoms with Crippen molar-refractivity contribution in [1.29, 1.82) is 0 Å². The van der Waals surface area contributed by atoms with E-state index in [4.69, 9.17) is 9.26 Å². The van der Waals surface area contributed by atoms with E-state index in [1.54, 1.807) is 49.4 Å². The van der Waals surface area contributed by atoms with Crippen molar-refractivity contribution in [3.05, 3.63) is 54.3 Å². The van der Waals surface area contributed by atoms with Gasteiger partial charge in [-0.1, -0.05) is 35.5 Å². The van der Waals surface area contributed by atoms with Crippen LogP contribution in [0.1, 0.15) is 26.5 Å². The molecule has 2 fully saturated rings. The molecule has 0 aliphatic carbocycles. The van der Waals surface area contributed by atoms with Crippen LogP contribution in [0.15, 0.2) is 53.1 Å². The number of aromatic nitrogens is 1. The SMILES string of the molecule is Cc1cc(NC(=O)C2C3C=CC4(O3)C2C(=O)N(c2ccccc2)C4C(=O)NC(C)(C)C)no1. The van der Waals surface area contributed by atoms with E-state index >= 15 is 0 Å². The fourth-order valence-electron chi connectivity index (χ4n) is 5.11. The zero-order valence-corrected chi connectivity index (χ0v) is 18.9. The summed E-state index contributed by atoms with van der Waals surface area (Å²) in [4.78, 5) is 42.1. The normalized spacial score (nSPS) is 29.9. The molecule has 2 N–H and O–H groups in total. The number of carbonyl (C=O) groups is 3. The van der Waals surface area contributed by atoms with E-state index in [9.17, 15) is 14.4 Å². The number of aryl methyl sites for hydroxylation is 1. The number of nitrogens with zero attached hydrogens (tertiary/aromatic N) is 2. The highest BCUT2D eigenvalue weighted by molar-refractivity contribution is 6.11. The first kappa shape index (κ1) is 21.4. The zero-order chi connectivity index (χ0) is 23.5. The molecule has 9 nitrogen and oxygen atoms in total. The molecule has 0 saturated carbocycles. The Hall–Kier alpha value is -3.46. The number of fused-ring (bicyclic) bond motifs is 1. The second-order valence-electron chi connectivity index (χ2n) is 9.80. The number of anilines is 2. The summed E-state index contributed by atoms with van der Waals surface area (Å²) in [6.07, 6.45) is 2.93. The van der Waals surface area contributed by atoms with Gasteiger partial charge in [-0.2, -0.15) is 0 Å². The second-order valence-corrected chi connectivity index (χ2v) is 9.80. The van der Waals surface area contributed by atoms with Gasteiger partial charge in [0.1, 0.15) is 17.4 Å². The van der Waals surface area contributed by atoms with Crippen LogP contribution in [0.3, 0.4) is 0 Å². The molecule has 2 bridgehead atoms. The molecule has 2 aromatic rings. The molecule has 5 rings (SSSR count). The van der Waals surface area contributed by atoms with Crippen LogP contribution in [0.25, 0.3) is 0 Å². The number of ether oxygens (including phenoxy) is 1. The summed E-state index contributed by atoms with van der Waals surface area (Å²) in [5.74, 6) is -1.89. The van der Waals surface area contributed by atoms with Crippen LogP contribution in [0.4, 0.5) is 11.5 Å². The number of hydrogen-bond acceptors (Lipinski definition) is 6. The van der Waals surface area contributed by atoms with Crippen LogP contribution in [-0.2, 0) is 19.1 Å². The Morgan fingerprint density at radius 1 is 1.15 bits per heavy atom. The Bertz CT molecular complexity index is 1150. The lowest BCUT2D eigenvalue weighted by molar-refractivity contribution is -0.129.